The van der Waals surface area contributed by atoms with E-state index in [1.807, 2.05) is 23.1 Å². The highest BCUT2D eigenvalue weighted by Gasteiger charge is 2.25. The van der Waals surface area contributed by atoms with Crippen molar-refractivity contribution in [2.75, 3.05) is 11.4 Å². The number of rotatable bonds is 3. The molecule has 0 spiro atoms. The molecule has 0 radical (unpaired) electrons. The van der Waals surface area contributed by atoms with Crippen LogP contribution in [0.25, 0.3) is 0 Å². The molecule has 1 aliphatic heterocycles. The Morgan fingerprint density at radius 1 is 0.958 bits per heavy atom. The number of fused-ring (bicyclic) bond motifs is 1. The van der Waals surface area contributed by atoms with Crippen LogP contribution in [0.4, 0.5) is 5.69 Å². The van der Waals surface area contributed by atoms with Crippen LogP contribution < -0.4 is 10.2 Å². The van der Waals surface area contributed by atoms with Gasteiger partial charge in [0, 0.05) is 29.4 Å². The maximum absolute atomic E-state index is 12.9. The second-order valence-electron chi connectivity index (χ2n) is 6.51. The summed E-state index contributed by atoms with van der Waals surface area (Å²) in [5.74, 6) is -0.0591. The number of carbonyl (C=O) groups excluding carboxylic acids is 2. The van der Waals surface area contributed by atoms with Crippen molar-refractivity contribution in [2.45, 2.75) is 31.7 Å². The highest BCUT2D eigenvalue weighted by molar-refractivity contribution is 6.07. The van der Waals surface area contributed by atoms with E-state index in [2.05, 4.69) is 11.4 Å². The third kappa shape index (κ3) is 2.92. The van der Waals surface area contributed by atoms with E-state index in [0.717, 1.165) is 37.9 Å². The number of hydrogen-bond acceptors (Lipinski definition) is 2. The minimum atomic E-state index is -0.0557. The van der Waals surface area contributed by atoms with Gasteiger partial charge in [0.15, 0.2) is 0 Å². The molecule has 0 aromatic heterocycles. The fraction of sp³-hybridized carbons (Fsp3) is 0.300. The number of nitrogens with zero attached hydrogens (tertiary/aromatic N) is 1. The molecule has 0 atom stereocenters. The zero-order chi connectivity index (χ0) is 16.5. The second-order valence-corrected chi connectivity index (χ2v) is 6.51. The van der Waals surface area contributed by atoms with Crippen LogP contribution in [0.2, 0.25) is 0 Å². The first-order valence-electron chi connectivity index (χ1n) is 8.53. The number of carbonyl (C=O) groups is 2. The SMILES string of the molecule is O=C(NC1CC1)c1ccc(C(=O)N2CCCc3ccccc32)cc1. The van der Waals surface area contributed by atoms with E-state index >= 15 is 0 Å². The molecule has 4 nitrogen and oxygen atoms in total. The van der Waals surface area contributed by atoms with E-state index < -0.39 is 0 Å². The average Bonchev–Trinajstić information content (AvgIpc) is 3.45. The van der Waals surface area contributed by atoms with Gasteiger partial charge in [0.25, 0.3) is 11.8 Å². The highest BCUT2D eigenvalue weighted by Crippen LogP contribution is 2.28. The molecule has 4 heteroatoms. The number of benzene rings is 2. The molecule has 1 aliphatic carbocycles. The molecule has 2 aliphatic rings. The number of hydrogen-bond donors (Lipinski definition) is 1. The quantitative estimate of drug-likeness (QED) is 0.944. The lowest BCUT2D eigenvalue weighted by Gasteiger charge is -2.29. The Labute approximate surface area is 141 Å². The van der Waals surface area contributed by atoms with Gasteiger partial charge in [-0.15, -0.1) is 0 Å². The number of aryl methyl sites for hydroxylation is 1. The van der Waals surface area contributed by atoms with Gasteiger partial charge in [-0.1, -0.05) is 18.2 Å². The molecular formula is C20H20N2O2. The standard InChI is InChI=1S/C20H20N2O2/c23-19(21-17-11-12-17)15-7-9-16(10-8-15)20(24)22-13-3-5-14-4-1-2-6-18(14)22/h1-2,4,6-10,17H,3,5,11-13H2,(H,21,23). The Morgan fingerprint density at radius 3 is 2.42 bits per heavy atom. The van der Waals surface area contributed by atoms with Crippen LogP contribution in [-0.4, -0.2) is 24.4 Å². The molecule has 2 aromatic rings. The molecule has 1 saturated carbocycles. The van der Waals surface area contributed by atoms with E-state index in [1.165, 1.54) is 5.56 Å². The van der Waals surface area contributed by atoms with Crippen LogP contribution in [0.1, 0.15) is 45.5 Å². The summed E-state index contributed by atoms with van der Waals surface area (Å²) >= 11 is 0. The van der Waals surface area contributed by atoms with Gasteiger partial charge in [-0.3, -0.25) is 9.59 Å². The summed E-state index contributed by atoms with van der Waals surface area (Å²) in [6.45, 7) is 0.736. The molecule has 1 heterocycles. The van der Waals surface area contributed by atoms with Gasteiger partial charge in [-0.25, -0.2) is 0 Å². The highest BCUT2D eigenvalue weighted by atomic mass is 16.2. The van der Waals surface area contributed by atoms with Crippen molar-refractivity contribution in [1.82, 2.24) is 5.32 Å². The van der Waals surface area contributed by atoms with Crippen molar-refractivity contribution >= 4 is 17.5 Å². The predicted octanol–water partition coefficient (Wildman–Crippen LogP) is 3.17. The van der Waals surface area contributed by atoms with Crippen molar-refractivity contribution in [3.63, 3.8) is 0 Å². The Morgan fingerprint density at radius 2 is 1.67 bits per heavy atom. The summed E-state index contributed by atoms with van der Waals surface area (Å²) in [6, 6.07) is 15.4. The molecule has 0 unspecified atom stereocenters. The lowest BCUT2D eigenvalue weighted by molar-refractivity contribution is 0.0947. The summed E-state index contributed by atoms with van der Waals surface area (Å²) in [7, 11) is 0. The summed E-state index contributed by atoms with van der Waals surface area (Å²) in [4.78, 5) is 26.7. The maximum atomic E-state index is 12.9. The van der Waals surface area contributed by atoms with Crippen molar-refractivity contribution in [3.8, 4) is 0 Å². The normalized spacial score (nSPS) is 16.4. The van der Waals surface area contributed by atoms with E-state index in [4.69, 9.17) is 0 Å². The summed E-state index contributed by atoms with van der Waals surface area (Å²) < 4.78 is 0. The predicted molar refractivity (Wildman–Crippen MR) is 93.4 cm³/mol. The fourth-order valence-electron chi connectivity index (χ4n) is 3.16. The fourth-order valence-corrected chi connectivity index (χ4v) is 3.16. The number of anilines is 1. The lowest BCUT2D eigenvalue weighted by Crippen LogP contribution is -2.35. The largest absolute Gasteiger partial charge is 0.349 e. The topological polar surface area (TPSA) is 49.4 Å². The molecule has 0 bridgehead atoms. The van der Waals surface area contributed by atoms with Crippen molar-refractivity contribution < 1.29 is 9.59 Å². The molecule has 2 aromatic carbocycles. The summed E-state index contributed by atoms with van der Waals surface area (Å²) in [5.41, 5.74) is 3.45. The number of nitrogens with one attached hydrogen (secondary N) is 1. The first kappa shape index (κ1) is 14.9. The van der Waals surface area contributed by atoms with E-state index in [0.29, 0.717) is 17.2 Å². The molecule has 4 rings (SSSR count). The van der Waals surface area contributed by atoms with Crippen LogP contribution >= 0.6 is 0 Å². The Hall–Kier alpha value is -2.62. The smallest absolute Gasteiger partial charge is 0.258 e. The Balaban J connectivity index is 1.53. The number of amides is 2. The van der Waals surface area contributed by atoms with Crippen molar-refractivity contribution in [3.05, 3.63) is 65.2 Å². The van der Waals surface area contributed by atoms with Crippen LogP contribution in [0.3, 0.4) is 0 Å². The van der Waals surface area contributed by atoms with Crippen LogP contribution in [-0.2, 0) is 6.42 Å². The van der Waals surface area contributed by atoms with Crippen molar-refractivity contribution in [1.29, 1.82) is 0 Å². The first-order valence-corrected chi connectivity index (χ1v) is 8.53. The first-order chi connectivity index (χ1) is 11.7. The van der Waals surface area contributed by atoms with Crippen molar-refractivity contribution in [2.24, 2.45) is 0 Å². The van der Waals surface area contributed by atoms with Gasteiger partial charge in [-0.05, 0) is 61.6 Å². The van der Waals surface area contributed by atoms with Crippen LogP contribution in [0.5, 0.6) is 0 Å². The third-order valence-corrected chi connectivity index (χ3v) is 4.66. The zero-order valence-corrected chi connectivity index (χ0v) is 13.5. The van der Waals surface area contributed by atoms with Gasteiger partial charge in [0.1, 0.15) is 0 Å². The second kappa shape index (κ2) is 6.11. The average molecular weight is 320 g/mol. The minimum Gasteiger partial charge on any atom is -0.349 e. The summed E-state index contributed by atoms with van der Waals surface area (Å²) in [6.07, 6.45) is 4.12. The number of para-hydroxylation sites is 1. The van der Waals surface area contributed by atoms with E-state index in [-0.39, 0.29) is 11.8 Å². The molecular weight excluding hydrogens is 300 g/mol. The monoisotopic (exact) mass is 320 g/mol. The van der Waals surface area contributed by atoms with Gasteiger partial charge >= 0.3 is 0 Å². The molecule has 2 amide bonds. The van der Waals surface area contributed by atoms with Crippen LogP contribution in [0.15, 0.2) is 48.5 Å². The van der Waals surface area contributed by atoms with E-state index in [1.54, 1.807) is 24.3 Å². The lowest BCUT2D eigenvalue weighted by atomic mass is 10.0. The Kier molecular flexibility index (Phi) is 3.81. The van der Waals surface area contributed by atoms with Gasteiger partial charge < -0.3 is 10.2 Å². The van der Waals surface area contributed by atoms with Gasteiger partial charge in [-0.2, -0.15) is 0 Å². The maximum Gasteiger partial charge on any atom is 0.258 e. The molecule has 122 valence electrons. The zero-order valence-electron chi connectivity index (χ0n) is 13.5. The molecule has 1 N–H and O–H groups in total. The Bertz CT molecular complexity index is 778. The summed E-state index contributed by atoms with van der Waals surface area (Å²) in [5, 5.41) is 2.96. The molecule has 0 saturated heterocycles. The third-order valence-electron chi connectivity index (χ3n) is 4.66. The van der Waals surface area contributed by atoms with Gasteiger partial charge in [0.05, 0.1) is 0 Å². The van der Waals surface area contributed by atoms with Crippen LogP contribution in [0, 0.1) is 0 Å². The van der Waals surface area contributed by atoms with E-state index in [9.17, 15) is 9.59 Å². The van der Waals surface area contributed by atoms with Gasteiger partial charge in [0.2, 0.25) is 0 Å². The molecule has 24 heavy (non-hydrogen) atoms. The minimum absolute atomic E-state index is 0.00342. The molecule has 1 fully saturated rings.